The summed E-state index contributed by atoms with van der Waals surface area (Å²) < 4.78 is 27.0. The van der Waals surface area contributed by atoms with Crippen LogP contribution in [0.1, 0.15) is 0 Å². The number of hydrogen-bond donors (Lipinski definition) is 2. The van der Waals surface area contributed by atoms with Gasteiger partial charge in [0.25, 0.3) is 10.2 Å². The summed E-state index contributed by atoms with van der Waals surface area (Å²) in [5.74, 6) is 0.721. The van der Waals surface area contributed by atoms with Crippen molar-refractivity contribution in [2.45, 2.75) is 0 Å². The molecule has 18 heavy (non-hydrogen) atoms. The van der Waals surface area contributed by atoms with Gasteiger partial charge in [-0.3, -0.25) is 0 Å². The lowest BCUT2D eigenvalue weighted by molar-refractivity contribution is 0.380. The van der Waals surface area contributed by atoms with E-state index in [1.165, 1.54) is 11.4 Å². The van der Waals surface area contributed by atoms with Crippen LogP contribution < -0.4 is 15.4 Å². The molecule has 2 rings (SSSR count). The lowest BCUT2D eigenvalue weighted by Gasteiger charge is -2.34. The molecule has 1 fully saturated rings. The highest BCUT2D eigenvalue weighted by molar-refractivity contribution is 7.87. The molecule has 0 aliphatic carbocycles. The Balaban J connectivity index is 2.06. The minimum absolute atomic E-state index is 0.430. The number of anilines is 2. The molecule has 2 heterocycles. The Hall–Kier alpha value is -1.38. The van der Waals surface area contributed by atoms with Gasteiger partial charge in [-0.05, 0) is 12.1 Å². The molecular formula is C10H17N5O2S. The Morgan fingerprint density at radius 1 is 1.33 bits per heavy atom. The lowest BCUT2D eigenvalue weighted by atomic mass is 10.3. The van der Waals surface area contributed by atoms with Gasteiger partial charge in [-0.15, -0.1) is 0 Å². The summed E-state index contributed by atoms with van der Waals surface area (Å²) >= 11 is 0. The molecule has 1 aliphatic heterocycles. The predicted molar refractivity (Wildman–Crippen MR) is 70.4 cm³/mol. The van der Waals surface area contributed by atoms with E-state index in [9.17, 15) is 8.42 Å². The van der Waals surface area contributed by atoms with Crippen LogP contribution in [0.5, 0.6) is 0 Å². The van der Waals surface area contributed by atoms with Crippen LogP contribution >= 0.6 is 0 Å². The summed E-state index contributed by atoms with van der Waals surface area (Å²) in [5, 5.41) is 0. The highest BCUT2D eigenvalue weighted by Gasteiger charge is 2.26. The van der Waals surface area contributed by atoms with E-state index < -0.39 is 10.2 Å². The van der Waals surface area contributed by atoms with E-state index in [1.807, 2.05) is 4.90 Å². The number of nitrogens with zero attached hydrogens (tertiary/aromatic N) is 3. The van der Waals surface area contributed by atoms with E-state index in [-0.39, 0.29) is 0 Å². The number of rotatable bonds is 3. The van der Waals surface area contributed by atoms with Crippen molar-refractivity contribution in [3.63, 3.8) is 0 Å². The SMILES string of the molecule is CNS(=O)(=O)N1CCN(c2ncccc2N)CC1. The summed E-state index contributed by atoms with van der Waals surface area (Å²) in [7, 11) is -1.92. The number of hydrogen-bond acceptors (Lipinski definition) is 5. The van der Waals surface area contributed by atoms with Crippen molar-refractivity contribution in [3.8, 4) is 0 Å². The first kappa shape index (κ1) is 13.1. The maximum Gasteiger partial charge on any atom is 0.279 e. The minimum atomic E-state index is -3.33. The van der Waals surface area contributed by atoms with Crippen molar-refractivity contribution >= 4 is 21.7 Å². The van der Waals surface area contributed by atoms with Gasteiger partial charge in [0.1, 0.15) is 0 Å². The van der Waals surface area contributed by atoms with E-state index in [0.29, 0.717) is 31.9 Å². The number of nitrogens with two attached hydrogens (primary N) is 1. The summed E-state index contributed by atoms with van der Waals surface area (Å²) in [4.78, 5) is 6.22. The lowest BCUT2D eigenvalue weighted by Crippen LogP contribution is -2.51. The fourth-order valence-corrected chi connectivity index (χ4v) is 2.85. The van der Waals surface area contributed by atoms with E-state index in [0.717, 1.165) is 5.82 Å². The van der Waals surface area contributed by atoms with Gasteiger partial charge in [0.05, 0.1) is 5.69 Å². The first-order chi connectivity index (χ1) is 8.54. The monoisotopic (exact) mass is 271 g/mol. The minimum Gasteiger partial charge on any atom is -0.396 e. The topological polar surface area (TPSA) is 91.6 Å². The second-order valence-electron chi connectivity index (χ2n) is 4.01. The molecule has 1 saturated heterocycles. The van der Waals surface area contributed by atoms with Gasteiger partial charge in [-0.1, -0.05) is 0 Å². The highest BCUT2D eigenvalue weighted by Crippen LogP contribution is 2.20. The van der Waals surface area contributed by atoms with E-state index in [4.69, 9.17) is 5.73 Å². The first-order valence-corrected chi connectivity index (χ1v) is 7.12. The van der Waals surface area contributed by atoms with Crippen LogP contribution in [0.2, 0.25) is 0 Å². The third-order valence-electron chi connectivity index (χ3n) is 2.95. The molecule has 1 aliphatic rings. The molecule has 0 radical (unpaired) electrons. The Kier molecular flexibility index (Phi) is 3.69. The van der Waals surface area contributed by atoms with Crippen molar-refractivity contribution in [3.05, 3.63) is 18.3 Å². The molecule has 0 aromatic carbocycles. The second-order valence-corrected chi connectivity index (χ2v) is 5.89. The van der Waals surface area contributed by atoms with Crippen LogP contribution in [0.4, 0.5) is 11.5 Å². The zero-order valence-electron chi connectivity index (χ0n) is 10.2. The van der Waals surface area contributed by atoms with Crippen molar-refractivity contribution < 1.29 is 8.42 Å². The van der Waals surface area contributed by atoms with Gasteiger partial charge in [-0.25, -0.2) is 9.71 Å². The second kappa shape index (κ2) is 5.09. The predicted octanol–water partition coefficient (Wildman–Crippen LogP) is -0.750. The standard InChI is InChI=1S/C10H17N5O2S/c1-12-18(16,17)15-7-5-14(6-8-15)10-9(11)3-2-4-13-10/h2-4,12H,5-8,11H2,1H3. The Bertz CT molecular complexity index is 511. The third kappa shape index (κ3) is 2.55. The number of pyridine rings is 1. The van der Waals surface area contributed by atoms with Crippen molar-refractivity contribution in [2.75, 3.05) is 43.9 Å². The van der Waals surface area contributed by atoms with E-state index >= 15 is 0 Å². The number of nitrogen functional groups attached to an aromatic ring is 1. The Morgan fingerprint density at radius 2 is 2.00 bits per heavy atom. The maximum atomic E-state index is 11.6. The van der Waals surface area contributed by atoms with Crippen LogP contribution in [-0.2, 0) is 10.2 Å². The number of piperazine rings is 1. The van der Waals surface area contributed by atoms with E-state index in [2.05, 4.69) is 9.71 Å². The maximum absolute atomic E-state index is 11.6. The average Bonchev–Trinajstić information content (AvgIpc) is 2.39. The fourth-order valence-electron chi connectivity index (χ4n) is 1.94. The number of aromatic nitrogens is 1. The fraction of sp³-hybridized carbons (Fsp3) is 0.500. The van der Waals surface area contributed by atoms with Gasteiger partial charge in [0, 0.05) is 39.4 Å². The Labute approximate surface area is 107 Å². The van der Waals surface area contributed by atoms with Gasteiger partial charge in [-0.2, -0.15) is 12.7 Å². The third-order valence-corrected chi connectivity index (χ3v) is 4.51. The zero-order chi connectivity index (χ0) is 13.2. The van der Waals surface area contributed by atoms with Gasteiger partial charge in [0.15, 0.2) is 5.82 Å². The van der Waals surface area contributed by atoms with Crippen LogP contribution in [0.25, 0.3) is 0 Å². The summed E-state index contributed by atoms with van der Waals surface area (Å²) in [6.07, 6.45) is 1.68. The summed E-state index contributed by atoms with van der Waals surface area (Å²) in [6, 6.07) is 3.57. The quantitative estimate of drug-likeness (QED) is 0.755. The average molecular weight is 271 g/mol. The molecule has 0 amide bonds. The van der Waals surface area contributed by atoms with Crippen molar-refractivity contribution in [1.82, 2.24) is 14.0 Å². The molecule has 3 N–H and O–H groups in total. The van der Waals surface area contributed by atoms with Crippen LogP contribution in [-0.4, -0.2) is 50.9 Å². The van der Waals surface area contributed by atoms with Crippen molar-refractivity contribution in [2.24, 2.45) is 0 Å². The largest absolute Gasteiger partial charge is 0.396 e. The molecule has 8 heteroatoms. The zero-order valence-corrected chi connectivity index (χ0v) is 11.0. The molecule has 100 valence electrons. The van der Waals surface area contributed by atoms with Crippen LogP contribution in [0.15, 0.2) is 18.3 Å². The molecule has 7 nitrogen and oxygen atoms in total. The smallest absolute Gasteiger partial charge is 0.279 e. The number of nitrogens with one attached hydrogen (secondary N) is 1. The van der Waals surface area contributed by atoms with Crippen LogP contribution in [0, 0.1) is 0 Å². The molecule has 0 atom stereocenters. The molecule has 1 aromatic rings. The molecule has 0 bridgehead atoms. The van der Waals surface area contributed by atoms with Gasteiger partial charge >= 0.3 is 0 Å². The molecular weight excluding hydrogens is 254 g/mol. The van der Waals surface area contributed by atoms with Gasteiger partial charge < -0.3 is 10.6 Å². The van der Waals surface area contributed by atoms with Gasteiger partial charge in [0.2, 0.25) is 0 Å². The summed E-state index contributed by atoms with van der Waals surface area (Å²) in [5.41, 5.74) is 6.46. The highest BCUT2D eigenvalue weighted by atomic mass is 32.2. The first-order valence-electron chi connectivity index (χ1n) is 5.68. The van der Waals surface area contributed by atoms with Crippen LogP contribution in [0.3, 0.4) is 0 Å². The molecule has 0 spiro atoms. The van der Waals surface area contributed by atoms with E-state index in [1.54, 1.807) is 18.3 Å². The normalized spacial score (nSPS) is 17.9. The van der Waals surface area contributed by atoms with Crippen molar-refractivity contribution in [1.29, 1.82) is 0 Å². The molecule has 0 unspecified atom stereocenters. The molecule has 1 aromatic heterocycles. The molecule has 0 saturated carbocycles. The summed E-state index contributed by atoms with van der Waals surface area (Å²) in [6.45, 7) is 2.03. The Morgan fingerprint density at radius 3 is 2.56 bits per heavy atom.